The minimum Gasteiger partial charge on any atom is -0.299 e. The molecule has 0 radical (unpaired) electrons. The average molecular weight is 443 g/mol. The second-order valence-corrected chi connectivity index (χ2v) is 8.05. The van der Waals surface area contributed by atoms with Crippen LogP contribution in [-0.4, -0.2) is 30.2 Å². The number of nitrogens with one attached hydrogen (secondary N) is 1. The molecule has 3 aromatic heterocycles. The number of nitrogens with zero attached hydrogens (tertiary/aromatic N) is 5. The highest BCUT2D eigenvalue weighted by atomic mass is 35.5. The number of rotatable bonds is 5. The fraction of sp³-hybridized carbons (Fsp3) is 0.158. The number of carbonyl (C=O) groups is 1. The van der Waals surface area contributed by atoms with Crippen LogP contribution in [0.1, 0.15) is 10.6 Å². The lowest BCUT2D eigenvalue weighted by molar-refractivity contribution is -0.116. The number of amides is 1. The SMILES string of the molecule is Cc1nnc(NC(=O)Cn2c(=O)n(Cc3ccc(Cl)cc3)c(=O)c3ncccc32)s1. The van der Waals surface area contributed by atoms with Gasteiger partial charge in [-0.2, -0.15) is 0 Å². The summed E-state index contributed by atoms with van der Waals surface area (Å²) in [6.07, 6.45) is 1.47. The third-order valence-corrected chi connectivity index (χ3v) is 5.32. The van der Waals surface area contributed by atoms with E-state index in [1.54, 1.807) is 43.3 Å². The van der Waals surface area contributed by atoms with Gasteiger partial charge < -0.3 is 0 Å². The van der Waals surface area contributed by atoms with Crippen molar-refractivity contribution in [1.82, 2.24) is 24.3 Å². The second-order valence-electron chi connectivity index (χ2n) is 6.43. The van der Waals surface area contributed by atoms with Gasteiger partial charge in [0.05, 0.1) is 12.1 Å². The number of pyridine rings is 1. The summed E-state index contributed by atoms with van der Waals surface area (Å²) in [5, 5.41) is 11.9. The van der Waals surface area contributed by atoms with E-state index in [0.717, 1.165) is 4.57 Å². The fourth-order valence-electron chi connectivity index (χ4n) is 2.96. The minimum absolute atomic E-state index is 0.0264. The summed E-state index contributed by atoms with van der Waals surface area (Å²) in [6.45, 7) is 1.49. The smallest absolute Gasteiger partial charge is 0.299 e. The lowest BCUT2D eigenvalue weighted by atomic mass is 10.2. The van der Waals surface area contributed by atoms with Crippen molar-refractivity contribution >= 4 is 45.0 Å². The van der Waals surface area contributed by atoms with Gasteiger partial charge in [-0.25, -0.2) is 9.78 Å². The molecule has 0 atom stereocenters. The van der Waals surface area contributed by atoms with E-state index in [9.17, 15) is 14.4 Å². The molecule has 0 saturated carbocycles. The van der Waals surface area contributed by atoms with Gasteiger partial charge in [0, 0.05) is 11.2 Å². The predicted octanol–water partition coefficient (Wildman–Crippen LogP) is 2.06. The molecule has 4 rings (SSSR count). The van der Waals surface area contributed by atoms with E-state index in [1.165, 1.54) is 22.1 Å². The van der Waals surface area contributed by atoms with Crippen LogP contribution in [0.4, 0.5) is 5.13 Å². The molecule has 1 amide bonds. The monoisotopic (exact) mass is 442 g/mol. The van der Waals surface area contributed by atoms with Crippen molar-refractivity contribution in [2.75, 3.05) is 5.32 Å². The lowest BCUT2D eigenvalue weighted by Gasteiger charge is -2.13. The van der Waals surface area contributed by atoms with Crippen LogP contribution < -0.4 is 16.6 Å². The Morgan fingerprint density at radius 2 is 1.90 bits per heavy atom. The molecular formula is C19H15ClN6O3S. The average Bonchev–Trinajstić information content (AvgIpc) is 3.14. The zero-order valence-corrected chi connectivity index (χ0v) is 17.3. The molecule has 11 heteroatoms. The fourth-order valence-corrected chi connectivity index (χ4v) is 3.69. The molecule has 1 aromatic carbocycles. The van der Waals surface area contributed by atoms with Crippen LogP contribution in [0.25, 0.3) is 11.0 Å². The van der Waals surface area contributed by atoms with Crippen molar-refractivity contribution in [3.8, 4) is 0 Å². The van der Waals surface area contributed by atoms with E-state index in [0.29, 0.717) is 20.7 Å². The first-order chi connectivity index (χ1) is 14.4. The lowest BCUT2D eigenvalue weighted by Crippen LogP contribution is -2.42. The van der Waals surface area contributed by atoms with Crippen molar-refractivity contribution in [1.29, 1.82) is 0 Å². The third-order valence-electron chi connectivity index (χ3n) is 4.31. The zero-order chi connectivity index (χ0) is 21.3. The number of fused-ring (bicyclic) bond motifs is 1. The summed E-state index contributed by atoms with van der Waals surface area (Å²) in [4.78, 5) is 42.7. The van der Waals surface area contributed by atoms with Gasteiger partial charge in [0.25, 0.3) is 5.56 Å². The number of aromatic nitrogens is 5. The molecule has 0 aliphatic heterocycles. The number of carbonyl (C=O) groups excluding carboxylic acids is 1. The molecule has 0 bridgehead atoms. The quantitative estimate of drug-likeness (QED) is 0.506. The molecule has 1 N–H and O–H groups in total. The standard InChI is InChI=1S/C19H15ClN6O3S/c1-11-23-24-18(30-11)22-15(27)10-25-14-3-2-8-21-16(14)17(28)26(19(25)29)9-12-4-6-13(20)7-5-12/h2-8H,9-10H2,1H3,(H,22,24,27). The van der Waals surface area contributed by atoms with Gasteiger partial charge in [-0.3, -0.25) is 24.0 Å². The molecule has 0 spiro atoms. The normalized spacial score (nSPS) is 11.0. The van der Waals surface area contributed by atoms with Crippen LogP contribution >= 0.6 is 22.9 Å². The van der Waals surface area contributed by atoms with Crippen molar-refractivity contribution in [2.24, 2.45) is 0 Å². The highest BCUT2D eigenvalue weighted by Crippen LogP contribution is 2.14. The first-order valence-corrected chi connectivity index (χ1v) is 10.0. The first kappa shape index (κ1) is 19.9. The Balaban J connectivity index is 1.76. The van der Waals surface area contributed by atoms with Crippen molar-refractivity contribution in [3.63, 3.8) is 0 Å². The zero-order valence-electron chi connectivity index (χ0n) is 15.7. The van der Waals surface area contributed by atoms with E-state index in [4.69, 9.17) is 11.6 Å². The van der Waals surface area contributed by atoms with E-state index in [-0.39, 0.29) is 24.1 Å². The Morgan fingerprint density at radius 3 is 2.60 bits per heavy atom. The van der Waals surface area contributed by atoms with Crippen molar-refractivity contribution in [3.05, 3.63) is 79.0 Å². The highest BCUT2D eigenvalue weighted by molar-refractivity contribution is 7.15. The molecule has 0 fully saturated rings. The maximum absolute atomic E-state index is 13.1. The predicted molar refractivity (Wildman–Crippen MR) is 114 cm³/mol. The molecule has 0 aliphatic rings. The van der Waals surface area contributed by atoms with Gasteiger partial charge in [-0.15, -0.1) is 10.2 Å². The summed E-state index contributed by atoms with van der Waals surface area (Å²) < 4.78 is 2.28. The number of hydrogen-bond acceptors (Lipinski definition) is 7. The molecule has 9 nitrogen and oxygen atoms in total. The summed E-state index contributed by atoms with van der Waals surface area (Å²) in [6, 6.07) is 10.00. The Morgan fingerprint density at radius 1 is 1.13 bits per heavy atom. The summed E-state index contributed by atoms with van der Waals surface area (Å²) in [5.74, 6) is -0.463. The van der Waals surface area contributed by atoms with Gasteiger partial charge >= 0.3 is 5.69 Å². The number of hydrogen-bond donors (Lipinski definition) is 1. The van der Waals surface area contributed by atoms with Gasteiger partial charge in [0.15, 0.2) is 5.52 Å². The van der Waals surface area contributed by atoms with E-state index < -0.39 is 17.2 Å². The summed E-state index contributed by atoms with van der Waals surface area (Å²) in [7, 11) is 0. The molecule has 0 aliphatic carbocycles. The van der Waals surface area contributed by atoms with E-state index >= 15 is 0 Å². The maximum Gasteiger partial charge on any atom is 0.332 e. The molecule has 4 aromatic rings. The Bertz CT molecular complexity index is 1360. The number of halogens is 1. The third kappa shape index (κ3) is 4.00. The Labute approximate surface area is 178 Å². The van der Waals surface area contributed by atoms with Crippen LogP contribution in [0, 0.1) is 6.92 Å². The van der Waals surface area contributed by atoms with Gasteiger partial charge in [-0.1, -0.05) is 35.1 Å². The number of benzene rings is 1. The molecule has 0 unspecified atom stereocenters. The number of anilines is 1. The van der Waals surface area contributed by atoms with Crippen molar-refractivity contribution in [2.45, 2.75) is 20.0 Å². The largest absolute Gasteiger partial charge is 0.332 e. The summed E-state index contributed by atoms with van der Waals surface area (Å²) in [5.41, 5.74) is -0.0377. The van der Waals surface area contributed by atoms with Gasteiger partial charge in [0.2, 0.25) is 11.0 Å². The topological polar surface area (TPSA) is 112 Å². The van der Waals surface area contributed by atoms with Crippen LogP contribution in [0.15, 0.2) is 52.2 Å². The van der Waals surface area contributed by atoms with Gasteiger partial charge in [0.1, 0.15) is 11.6 Å². The Kier molecular flexibility index (Phi) is 5.42. The molecule has 30 heavy (non-hydrogen) atoms. The molecule has 3 heterocycles. The minimum atomic E-state index is -0.612. The van der Waals surface area contributed by atoms with E-state index in [2.05, 4.69) is 20.5 Å². The first-order valence-electron chi connectivity index (χ1n) is 8.85. The second kappa shape index (κ2) is 8.17. The van der Waals surface area contributed by atoms with Crippen LogP contribution in [-0.2, 0) is 17.9 Å². The summed E-state index contributed by atoms with van der Waals surface area (Å²) >= 11 is 7.13. The van der Waals surface area contributed by atoms with Crippen LogP contribution in [0.5, 0.6) is 0 Å². The van der Waals surface area contributed by atoms with Crippen LogP contribution in [0.3, 0.4) is 0 Å². The maximum atomic E-state index is 13.1. The van der Waals surface area contributed by atoms with Crippen molar-refractivity contribution < 1.29 is 4.79 Å². The van der Waals surface area contributed by atoms with E-state index in [1.807, 2.05) is 0 Å². The molecule has 0 saturated heterocycles. The van der Waals surface area contributed by atoms with Crippen LogP contribution in [0.2, 0.25) is 5.02 Å². The number of aryl methyl sites for hydroxylation is 1. The molecule has 152 valence electrons. The Hall–Kier alpha value is -3.37. The molecular weight excluding hydrogens is 428 g/mol. The van der Waals surface area contributed by atoms with Gasteiger partial charge in [-0.05, 0) is 36.8 Å². The highest BCUT2D eigenvalue weighted by Gasteiger charge is 2.17.